The minimum absolute atomic E-state index is 0. The summed E-state index contributed by atoms with van der Waals surface area (Å²) >= 11 is 0. The molecule has 0 fully saturated rings. The summed E-state index contributed by atoms with van der Waals surface area (Å²) in [6.07, 6.45) is 0. The summed E-state index contributed by atoms with van der Waals surface area (Å²) in [6, 6.07) is 8.24. The van der Waals surface area contributed by atoms with Crippen molar-refractivity contribution in [3.63, 3.8) is 0 Å². The SMILES string of the molecule is CCNC(=NCC(c1ccccc1OC)N(C)C)NCCOCC.I. The molecule has 1 rings (SSSR count). The Labute approximate surface area is 169 Å². The van der Waals surface area contributed by atoms with Gasteiger partial charge in [0.2, 0.25) is 0 Å². The first kappa shape index (κ1) is 23.9. The molecule has 0 saturated carbocycles. The molecule has 1 atom stereocenters. The summed E-state index contributed by atoms with van der Waals surface area (Å²) < 4.78 is 10.9. The second-order valence-corrected chi connectivity index (χ2v) is 5.56. The highest BCUT2D eigenvalue weighted by Crippen LogP contribution is 2.27. The number of guanidine groups is 1. The van der Waals surface area contributed by atoms with Gasteiger partial charge in [-0.3, -0.25) is 4.99 Å². The first-order valence-electron chi connectivity index (χ1n) is 8.53. The lowest BCUT2D eigenvalue weighted by Gasteiger charge is -2.25. The molecule has 1 aromatic rings. The maximum atomic E-state index is 5.50. The minimum Gasteiger partial charge on any atom is -0.496 e. The van der Waals surface area contributed by atoms with Crippen molar-refractivity contribution in [2.75, 3.05) is 54.1 Å². The van der Waals surface area contributed by atoms with E-state index in [1.54, 1.807) is 7.11 Å². The second-order valence-electron chi connectivity index (χ2n) is 5.56. The van der Waals surface area contributed by atoms with Crippen LogP contribution in [-0.4, -0.2) is 64.9 Å². The number of hydrogen-bond acceptors (Lipinski definition) is 4. The van der Waals surface area contributed by atoms with Gasteiger partial charge in [-0.05, 0) is 34.0 Å². The Bertz CT molecular complexity index is 498. The van der Waals surface area contributed by atoms with Crippen molar-refractivity contribution in [1.29, 1.82) is 0 Å². The number of aliphatic imine (C=N–C) groups is 1. The van der Waals surface area contributed by atoms with Gasteiger partial charge >= 0.3 is 0 Å². The van der Waals surface area contributed by atoms with E-state index in [1.807, 2.05) is 25.1 Å². The Kier molecular flexibility index (Phi) is 13.5. The van der Waals surface area contributed by atoms with Gasteiger partial charge in [0.25, 0.3) is 0 Å². The Morgan fingerprint density at radius 3 is 2.52 bits per heavy atom. The lowest BCUT2D eigenvalue weighted by Crippen LogP contribution is -2.39. The second kappa shape index (κ2) is 14.1. The number of nitrogens with zero attached hydrogens (tertiary/aromatic N) is 2. The van der Waals surface area contributed by atoms with Crippen molar-refractivity contribution in [2.45, 2.75) is 19.9 Å². The van der Waals surface area contributed by atoms with Crippen LogP contribution in [0.15, 0.2) is 29.3 Å². The quantitative estimate of drug-likeness (QED) is 0.241. The number of methoxy groups -OCH3 is 1. The van der Waals surface area contributed by atoms with Gasteiger partial charge in [0.05, 0.1) is 26.3 Å². The number of nitrogens with one attached hydrogen (secondary N) is 2. The molecule has 6 nitrogen and oxygen atoms in total. The van der Waals surface area contributed by atoms with E-state index in [9.17, 15) is 0 Å². The number of rotatable bonds is 10. The zero-order valence-electron chi connectivity index (χ0n) is 16.0. The fourth-order valence-corrected chi connectivity index (χ4v) is 2.39. The summed E-state index contributed by atoms with van der Waals surface area (Å²) in [7, 11) is 5.82. The largest absolute Gasteiger partial charge is 0.496 e. The van der Waals surface area contributed by atoms with Crippen molar-refractivity contribution >= 4 is 29.9 Å². The molecule has 0 saturated heterocycles. The van der Waals surface area contributed by atoms with Crippen LogP contribution in [0.3, 0.4) is 0 Å². The number of benzene rings is 1. The van der Waals surface area contributed by atoms with Gasteiger partial charge in [0, 0.05) is 25.3 Å². The topological polar surface area (TPSA) is 58.1 Å². The number of para-hydroxylation sites is 1. The van der Waals surface area contributed by atoms with Crippen molar-refractivity contribution < 1.29 is 9.47 Å². The molecular weight excluding hydrogens is 431 g/mol. The van der Waals surface area contributed by atoms with E-state index in [0.717, 1.165) is 37.0 Å². The third kappa shape index (κ3) is 8.73. The molecule has 0 radical (unpaired) electrons. The number of hydrogen-bond donors (Lipinski definition) is 2. The number of halogens is 1. The van der Waals surface area contributed by atoms with Crippen molar-refractivity contribution in [2.24, 2.45) is 4.99 Å². The molecule has 25 heavy (non-hydrogen) atoms. The fraction of sp³-hybridized carbons (Fsp3) is 0.611. The lowest BCUT2D eigenvalue weighted by atomic mass is 10.0. The molecule has 0 spiro atoms. The standard InChI is InChI=1S/C18H32N4O2.HI/c1-6-19-18(20-12-13-24-7-2)21-14-16(22(3)4)15-10-8-9-11-17(15)23-5;/h8-11,16H,6-7,12-14H2,1-5H3,(H2,19,20,21);1H. The molecule has 0 aliphatic rings. The molecule has 2 N–H and O–H groups in total. The molecule has 1 aromatic carbocycles. The molecule has 144 valence electrons. The van der Waals surface area contributed by atoms with E-state index in [1.165, 1.54) is 0 Å². The van der Waals surface area contributed by atoms with Crippen LogP contribution in [0.1, 0.15) is 25.5 Å². The molecular formula is C18H33IN4O2. The van der Waals surface area contributed by atoms with Crippen LogP contribution in [0.5, 0.6) is 5.75 Å². The van der Waals surface area contributed by atoms with Crippen LogP contribution in [0.2, 0.25) is 0 Å². The molecule has 0 bridgehead atoms. The van der Waals surface area contributed by atoms with E-state index in [-0.39, 0.29) is 30.0 Å². The maximum Gasteiger partial charge on any atom is 0.191 e. The Hall–Kier alpha value is -1.06. The zero-order chi connectivity index (χ0) is 17.8. The molecule has 0 aromatic heterocycles. The Balaban J connectivity index is 0.00000576. The molecule has 7 heteroatoms. The molecule has 1 unspecified atom stereocenters. The summed E-state index contributed by atoms with van der Waals surface area (Å²) in [4.78, 5) is 6.88. The number of likely N-dealkylation sites (N-methyl/N-ethyl adjacent to an activating group) is 1. The highest BCUT2D eigenvalue weighted by atomic mass is 127. The molecule has 0 amide bonds. The van der Waals surface area contributed by atoms with Gasteiger partial charge < -0.3 is 25.0 Å². The summed E-state index contributed by atoms with van der Waals surface area (Å²) in [5.74, 6) is 1.69. The van der Waals surface area contributed by atoms with E-state index in [0.29, 0.717) is 13.2 Å². The zero-order valence-corrected chi connectivity index (χ0v) is 18.4. The highest BCUT2D eigenvalue weighted by Gasteiger charge is 2.18. The van der Waals surface area contributed by atoms with Crippen LogP contribution in [0, 0.1) is 0 Å². The molecule has 0 heterocycles. The van der Waals surface area contributed by atoms with Gasteiger partial charge in [-0.15, -0.1) is 24.0 Å². The van der Waals surface area contributed by atoms with Crippen LogP contribution < -0.4 is 15.4 Å². The van der Waals surface area contributed by atoms with Crippen LogP contribution in [0.25, 0.3) is 0 Å². The molecule has 0 aliphatic carbocycles. The van der Waals surface area contributed by atoms with Gasteiger partial charge in [-0.1, -0.05) is 18.2 Å². The minimum atomic E-state index is 0. The predicted molar refractivity (Wildman–Crippen MR) is 115 cm³/mol. The van der Waals surface area contributed by atoms with Gasteiger partial charge in [-0.2, -0.15) is 0 Å². The lowest BCUT2D eigenvalue weighted by molar-refractivity contribution is 0.152. The van der Waals surface area contributed by atoms with E-state index in [2.05, 4.69) is 42.6 Å². The van der Waals surface area contributed by atoms with Crippen LogP contribution >= 0.6 is 24.0 Å². The summed E-state index contributed by atoms with van der Waals surface area (Å²) in [5, 5.41) is 6.56. The van der Waals surface area contributed by atoms with Crippen molar-refractivity contribution in [1.82, 2.24) is 15.5 Å². The maximum absolute atomic E-state index is 5.50. The first-order chi connectivity index (χ1) is 11.6. The fourth-order valence-electron chi connectivity index (χ4n) is 2.39. The average molecular weight is 464 g/mol. The van der Waals surface area contributed by atoms with Gasteiger partial charge in [0.15, 0.2) is 5.96 Å². The Morgan fingerprint density at radius 2 is 1.92 bits per heavy atom. The predicted octanol–water partition coefficient (Wildman–Crippen LogP) is 2.51. The van der Waals surface area contributed by atoms with Crippen molar-refractivity contribution in [3.05, 3.63) is 29.8 Å². The van der Waals surface area contributed by atoms with E-state index >= 15 is 0 Å². The van der Waals surface area contributed by atoms with E-state index < -0.39 is 0 Å². The normalized spacial score (nSPS) is 12.5. The van der Waals surface area contributed by atoms with Crippen LogP contribution in [-0.2, 0) is 4.74 Å². The smallest absolute Gasteiger partial charge is 0.191 e. The monoisotopic (exact) mass is 464 g/mol. The summed E-state index contributed by atoms with van der Waals surface area (Å²) in [5.41, 5.74) is 1.14. The highest BCUT2D eigenvalue weighted by molar-refractivity contribution is 14.0. The van der Waals surface area contributed by atoms with Gasteiger partial charge in [-0.25, -0.2) is 0 Å². The Morgan fingerprint density at radius 1 is 1.20 bits per heavy atom. The number of ether oxygens (including phenoxy) is 2. The van der Waals surface area contributed by atoms with E-state index in [4.69, 9.17) is 14.5 Å². The first-order valence-corrected chi connectivity index (χ1v) is 8.53. The van der Waals surface area contributed by atoms with Gasteiger partial charge in [0.1, 0.15) is 5.75 Å². The van der Waals surface area contributed by atoms with Crippen molar-refractivity contribution in [3.8, 4) is 5.75 Å². The third-order valence-electron chi connectivity index (χ3n) is 3.63. The summed E-state index contributed by atoms with van der Waals surface area (Å²) in [6.45, 7) is 7.65. The third-order valence-corrected chi connectivity index (χ3v) is 3.63. The van der Waals surface area contributed by atoms with Crippen LogP contribution in [0.4, 0.5) is 0 Å². The molecule has 0 aliphatic heterocycles. The average Bonchev–Trinajstić information content (AvgIpc) is 2.58.